The fourth-order valence-electron chi connectivity index (χ4n) is 2.73. The van der Waals surface area contributed by atoms with E-state index in [0.29, 0.717) is 6.04 Å². The Morgan fingerprint density at radius 3 is 2.80 bits per heavy atom. The van der Waals surface area contributed by atoms with Crippen LogP contribution in [0.15, 0.2) is 24.7 Å². The van der Waals surface area contributed by atoms with Crippen LogP contribution in [0.25, 0.3) is 0 Å². The Morgan fingerprint density at radius 2 is 2.10 bits per heavy atom. The molecule has 0 saturated heterocycles. The van der Waals surface area contributed by atoms with Crippen LogP contribution in [0, 0.1) is 0 Å². The standard InChI is InChI=1S/C14H21N5.ClH/c1-18-7-6-13(17-18)10-15-8-12-9-16-19(11-12)14-4-2-3-5-14;/h6-7,9,11,14-15H,2-5,8,10H2,1H3;1H. The average Bonchev–Trinajstić information content (AvgIpc) is 3.09. The molecule has 1 saturated carbocycles. The van der Waals surface area contributed by atoms with E-state index in [1.54, 1.807) is 0 Å². The molecule has 6 heteroatoms. The van der Waals surface area contributed by atoms with E-state index in [9.17, 15) is 0 Å². The highest BCUT2D eigenvalue weighted by Gasteiger charge is 2.17. The van der Waals surface area contributed by atoms with Crippen LogP contribution >= 0.6 is 12.4 Å². The third kappa shape index (κ3) is 3.61. The van der Waals surface area contributed by atoms with Crippen LogP contribution in [0.3, 0.4) is 0 Å². The van der Waals surface area contributed by atoms with Gasteiger partial charge in [-0.3, -0.25) is 9.36 Å². The summed E-state index contributed by atoms with van der Waals surface area (Å²) < 4.78 is 3.97. The third-order valence-corrected chi connectivity index (χ3v) is 3.76. The maximum atomic E-state index is 4.48. The molecule has 1 fully saturated rings. The molecular weight excluding hydrogens is 274 g/mol. The molecule has 0 radical (unpaired) electrons. The average molecular weight is 296 g/mol. The van der Waals surface area contributed by atoms with Gasteiger partial charge in [0.15, 0.2) is 0 Å². The molecule has 0 atom stereocenters. The first-order valence-electron chi connectivity index (χ1n) is 7.03. The van der Waals surface area contributed by atoms with Crippen molar-refractivity contribution >= 4 is 12.4 Å². The molecule has 1 aliphatic carbocycles. The fraction of sp³-hybridized carbons (Fsp3) is 0.571. The Balaban J connectivity index is 0.00000147. The Hall–Kier alpha value is -1.33. The van der Waals surface area contributed by atoms with Gasteiger partial charge in [-0.25, -0.2) is 0 Å². The first kappa shape index (κ1) is 15.1. The number of aryl methyl sites for hydroxylation is 1. The number of rotatable bonds is 5. The topological polar surface area (TPSA) is 47.7 Å². The first-order valence-corrected chi connectivity index (χ1v) is 7.03. The minimum atomic E-state index is 0. The number of hydrogen-bond acceptors (Lipinski definition) is 3. The van der Waals surface area contributed by atoms with Crippen molar-refractivity contribution in [3.05, 3.63) is 35.9 Å². The van der Waals surface area contributed by atoms with Crippen molar-refractivity contribution < 1.29 is 0 Å². The molecule has 2 aromatic rings. The smallest absolute Gasteiger partial charge is 0.0762 e. The third-order valence-electron chi connectivity index (χ3n) is 3.76. The van der Waals surface area contributed by atoms with Crippen LogP contribution in [0.5, 0.6) is 0 Å². The SMILES string of the molecule is Cl.Cn1ccc(CNCc2cnn(C3CCCC3)c2)n1. The maximum Gasteiger partial charge on any atom is 0.0762 e. The summed E-state index contributed by atoms with van der Waals surface area (Å²) in [5.74, 6) is 0. The van der Waals surface area contributed by atoms with Crippen LogP contribution in [-0.4, -0.2) is 19.6 Å². The van der Waals surface area contributed by atoms with Gasteiger partial charge in [0.25, 0.3) is 0 Å². The summed E-state index contributed by atoms with van der Waals surface area (Å²) in [7, 11) is 1.94. The van der Waals surface area contributed by atoms with E-state index in [1.165, 1.54) is 31.2 Å². The largest absolute Gasteiger partial charge is 0.307 e. The lowest BCUT2D eigenvalue weighted by atomic mass is 10.2. The van der Waals surface area contributed by atoms with Gasteiger partial charge in [-0.05, 0) is 18.9 Å². The van der Waals surface area contributed by atoms with Crippen molar-refractivity contribution in [2.75, 3.05) is 0 Å². The van der Waals surface area contributed by atoms with Crippen molar-refractivity contribution in [1.29, 1.82) is 0 Å². The normalized spacial score (nSPS) is 15.4. The molecule has 0 aliphatic heterocycles. The van der Waals surface area contributed by atoms with Crippen LogP contribution in [0.4, 0.5) is 0 Å². The highest BCUT2D eigenvalue weighted by Crippen LogP contribution is 2.28. The summed E-state index contributed by atoms with van der Waals surface area (Å²) in [6.45, 7) is 1.65. The van der Waals surface area contributed by atoms with E-state index in [4.69, 9.17) is 0 Å². The van der Waals surface area contributed by atoms with Gasteiger partial charge >= 0.3 is 0 Å². The first-order chi connectivity index (χ1) is 9.31. The van der Waals surface area contributed by atoms with Gasteiger partial charge in [0.2, 0.25) is 0 Å². The zero-order chi connectivity index (χ0) is 13.1. The Labute approximate surface area is 125 Å². The molecule has 1 N–H and O–H groups in total. The highest BCUT2D eigenvalue weighted by molar-refractivity contribution is 5.85. The molecule has 0 unspecified atom stereocenters. The van der Waals surface area contributed by atoms with E-state index >= 15 is 0 Å². The van der Waals surface area contributed by atoms with Crippen molar-refractivity contribution in [2.45, 2.75) is 44.8 Å². The summed E-state index contributed by atoms with van der Waals surface area (Å²) >= 11 is 0. The van der Waals surface area contributed by atoms with Crippen molar-refractivity contribution in [1.82, 2.24) is 24.9 Å². The summed E-state index contributed by atoms with van der Waals surface area (Å²) in [6.07, 6.45) is 11.4. The molecule has 1 aliphatic rings. The van der Waals surface area contributed by atoms with Crippen molar-refractivity contribution in [3.63, 3.8) is 0 Å². The molecule has 2 heterocycles. The molecule has 0 spiro atoms. The van der Waals surface area contributed by atoms with E-state index in [0.717, 1.165) is 18.8 Å². The molecule has 110 valence electrons. The number of aromatic nitrogens is 4. The van der Waals surface area contributed by atoms with E-state index < -0.39 is 0 Å². The molecule has 0 bridgehead atoms. The molecule has 20 heavy (non-hydrogen) atoms. The predicted molar refractivity (Wildman–Crippen MR) is 80.7 cm³/mol. The summed E-state index contributed by atoms with van der Waals surface area (Å²) in [6, 6.07) is 2.67. The molecule has 0 aromatic carbocycles. The Bertz CT molecular complexity index is 527. The van der Waals surface area contributed by atoms with Crippen LogP contribution in [0.2, 0.25) is 0 Å². The zero-order valence-corrected chi connectivity index (χ0v) is 12.6. The lowest BCUT2D eigenvalue weighted by Gasteiger charge is -2.08. The van der Waals surface area contributed by atoms with Crippen molar-refractivity contribution in [3.8, 4) is 0 Å². The van der Waals surface area contributed by atoms with Crippen LogP contribution in [0.1, 0.15) is 43.0 Å². The van der Waals surface area contributed by atoms with E-state index in [2.05, 4.69) is 26.4 Å². The summed E-state index contributed by atoms with van der Waals surface area (Å²) in [5.41, 5.74) is 2.33. The van der Waals surface area contributed by atoms with Crippen LogP contribution in [-0.2, 0) is 20.1 Å². The quantitative estimate of drug-likeness (QED) is 0.922. The Morgan fingerprint density at radius 1 is 1.30 bits per heavy atom. The minimum absolute atomic E-state index is 0. The van der Waals surface area contributed by atoms with Gasteiger partial charge in [0.1, 0.15) is 0 Å². The van der Waals surface area contributed by atoms with E-state index in [-0.39, 0.29) is 12.4 Å². The van der Waals surface area contributed by atoms with Crippen LogP contribution < -0.4 is 5.32 Å². The zero-order valence-electron chi connectivity index (χ0n) is 11.8. The number of nitrogens with zero attached hydrogens (tertiary/aromatic N) is 4. The monoisotopic (exact) mass is 295 g/mol. The summed E-state index contributed by atoms with van der Waals surface area (Å²) in [4.78, 5) is 0. The van der Waals surface area contributed by atoms with Gasteiger partial charge in [0.05, 0.1) is 17.9 Å². The maximum absolute atomic E-state index is 4.48. The molecule has 5 nitrogen and oxygen atoms in total. The Kier molecular flexibility index (Phi) is 5.20. The minimum Gasteiger partial charge on any atom is -0.307 e. The van der Waals surface area contributed by atoms with Gasteiger partial charge in [-0.2, -0.15) is 10.2 Å². The highest BCUT2D eigenvalue weighted by atomic mass is 35.5. The molecule has 3 rings (SSSR count). The lowest BCUT2D eigenvalue weighted by molar-refractivity contribution is 0.466. The van der Waals surface area contributed by atoms with Gasteiger partial charge in [0, 0.05) is 38.1 Å². The predicted octanol–water partition coefficient (Wildman–Crippen LogP) is 2.44. The second kappa shape index (κ2) is 6.90. The fourth-order valence-corrected chi connectivity index (χ4v) is 2.73. The number of hydrogen-bond donors (Lipinski definition) is 1. The van der Waals surface area contributed by atoms with Gasteiger partial charge < -0.3 is 5.32 Å². The molecular formula is C14H22ClN5. The van der Waals surface area contributed by atoms with E-state index in [1.807, 2.05) is 30.2 Å². The van der Waals surface area contributed by atoms with Gasteiger partial charge in [-0.15, -0.1) is 12.4 Å². The lowest BCUT2D eigenvalue weighted by Crippen LogP contribution is -2.13. The second-order valence-corrected chi connectivity index (χ2v) is 5.35. The number of halogens is 1. The van der Waals surface area contributed by atoms with Crippen molar-refractivity contribution in [2.24, 2.45) is 7.05 Å². The summed E-state index contributed by atoms with van der Waals surface area (Å²) in [5, 5.41) is 12.2. The van der Waals surface area contributed by atoms with Gasteiger partial charge in [-0.1, -0.05) is 12.8 Å². The molecule has 2 aromatic heterocycles. The molecule has 0 amide bonds. The number of nitrogens with one attached hydrogen (secondary N) is 1. The second-order valence-electron chi connectivity index (χ2n) is 5.35.